The lowest BCUT2D eigenvalue weighted by molar-refractivity contribution is -0.0618. The average molecular weight is 411 g/mol. The van der Waals surface area contributed by atoms with Crippen LogP contribution < -0.4 is 10.1 Å². The third kappa shape index (κ3) is 2.99. The number of halogens is 2. The second kappa shape index (κ2) is 6.55. The van der Waals surface area contributed by atoms with Crippen LogP contribution in [0.1, 0.15) is 22.3 Å². The average Bonchev–Trinajstić information content (AvgIpc) is 3.05. The van der Waals surface area contributed by atoms with E-state index in [0.29, 0.717) is 12.6 Å². The highest BCUT2D eigenvalue weighted by Gasteiger charge is 2.52. The molecule has 1 spiro atoms. The summed E-state index contributed by atoms with van der Waals surface area (Å²) in [5, 5.41) is 3.96. The van der Waals surface area contributed by atoms with Gasteiger partial charge >= 0.3 is 6.03 Å². The van der Waals surface area contributed by atoms with E-state index in [-0.39, 0.29) is 42.6 Å². The highest BCUT2D eigenvalue weighted by molar-refractivity contribution is 6.00. The Morgan fingerprint density at radius 2 is 2.00 bits per heavy atom. The monoisotopic (exact) mass is 411 g/mol. The predicted molar refractivity (Wildman–Crippen MR) is 105 cm³/mol. The van der Waals surface area contributed by atoms with Gasteiger partial charge < -0.3 is 19.5 Å². The van der Waals surface area contributed by atoms with Crippen LogP contribution >= 0.6 is 0 Å². The van der Waals surface area contributed by atoms with Crippen LogP contribution in [0.3, 0.4) is 0 Å². The van der Waals surface area contributed by atoms with Crippen molar-refractivity contribution in [1.82, 2.24) is 14.8 Å². The minimum absolute atomic E-state index is 0.0165. The molecule has 2 amide bonds. The van der Waals surface area contributed by atoms with Gasteiger partial charge in [0, 0.05) is 31.4 Å². The summed E-state index contributed by atoms with van der Waals surface area (Å²) in [4.78, 5) is 26.4. The summed E-state index contributed by atoms with van der Waals surface area (Å²) < 4.78 is 35.2. The number of amides is 2. The van der Waals surface area contributed by atoms with Crippen LogP contribution in [0.25, 0.3) is 10.9 Å². The fraction of sp³-hybridized carbons (Fsp3) is 0.273. The first kappa shape index (κ1) is 18.6. The summed E-state index contributed by atoms with van der Waals surface area (Å²) in [5.74, 6) is -2.34. The molecule has 1 fully saturated rings. The molecule has 6 nitrogen and oxygen atoms in total. The van der Waals surface area contributed by atoms with Gasteiger partial charge in [0.25, 0.3) is 0 Å². The maximum absolute atomic E-state index is 14.1. The lowest BCUT2D eigenvalue weighted by atomic mass is 9.84. The van der Waals surface area contributed by atoms with Crippen molar-refractivity contribution < 1.29 is 23.1 Å². The fourth-order valence-electron chi connectivity index (χ4n) is 4.21. The number of carbonyl (C=O) groups excluding carboxylic acids is 2. The van der Waals surface area contributed by atoms with E-state index in [0.717, 1.165) is 22.5 Å². The van der Waals surface area contributed by atoms with E-state index in [4.69, 9.17) is 4.74 Å². The zero-order chi connectivity index (χ0) is 21.0. The first-order valence-electron chi connectivity index (χ1n) is 9.62. The number of aryl methyl sites for hydroxylation is 1. The predicted octanol–water partition coefficient (Wildman–Crippen LogP) is 3.39. The summed E-state index contributed by atoms with van der Waals surface area (Å²) in [5.41, 5.74) is 1.04. The maximum atomic E-state index is 14.1. The molecule has 1 aromatic heterocycles. The molecule has 2 aliphatic rings. The van der Waals surface area contributed by atoms with Crippen molar-refractivity contribution in [3.05, 3.63) is 65.4 Å². The minimum atomic E-state index is -0.955. The van der Waals surface area contributed by atoms with Crippen LogP contribution in [0, 0.1) is 11.6 Å². The number of ketones is 1. The number of ether oxygens (including phenoxy) is 1. The molecule has 154 valence electrons. The molecule has 0 aliphatic carbocycles. The van der Waals surface area contributed by atoms with Crippen molar-refractivity contribution in [3.8, 4) is 5.75 Å². The highest BCUT2D eigenvalue weighted by Crippen LogP contribution is 2.40. The number of nitrogens with one attached hydrogen (secondary N) is 1. The number of rotatable bonds is 2. The molecular weight excluding hydrogens is 392 g/mol. The number of hydrogen-bond acceptors (Lipinski definition) is 3. The molecule has 3 aromatic rings. The molecule has 8 heteroatoms. The van der Waals surface area contributed by atoms with E-state index in [1.165, 1.54) is 4.90 Å². The molecule has 3 heterocycles. The zero-order valence-corrected chi connectivity index (χ0v) is 16.2. The van der Waals surface area contributed by atoms with Crippen LogP contribution in [0.15, 0.2) is 42.6 Å². The molecule has 0 atom stereocenters. The molecule has 2 aliphatic heterocycles. The first-order chi connectivity index (χ1) is 14.3. The second-order valence-corrected chi connectivity index (χ2v) is 7.98. The minimum Gasteiger partial charge on any atom is -0.479 e. The van der Waals surface area contributed by atoms with E-state index in [2.05, 4.69) is 5.32 Å². The Morgan fingerprint density at radius 1 is 1.20 bits per heavy atom. The number of benzene rings is 2. The van der Waals surface area contributed by atoms with Gasteiger partial charge in [-0.1, -0.05) is 6.07 Å². The quantitative estimate of drug-likeness (QED) is 0.703. The topological polar surface area (TPSA) is 63.6 Å². The number of hydrogen-bond donors (Lipinski definition) is 1. The first-order valence-corrected chi connectivity index (χ1v) is 9.62. The SMILES string of the molecule is Cn1ccc2cc(CNC(=O)N3CC4(CC(=O)c5cc(F)cc(F)c5O4)C3)ccc21. The molecule has 0 bridgehead atoms. The van der Waals surface area contributed by atoms with E-state index < -0.39 is 17.2 Å². The standard InChI is InChI=1S/C22H19F2N3O3/c1-26-5-4-14-6-13(2-3-18(14)26)10-25-21(29)27-11-22(12-27)9-19(28)16-7-15(23)8-17(24)20(16)30-22/h2-8H,9-12H2,1H3,(H,25,29). The van der Waals surface area contributed by atoms with E-state index >= 15 is 0 Å². The second-order valence-electron chi connectivity index (χ2n) is 7.98. The van der Waals surface area contributed by atoms with Gasteiger partial charge in [-0.25, -0.2) is 13.6 Å². The van der Waals surface area contributed by atoms with Crippen molar-refractivity contribution in [2.75, 3.05) is 13.1 Å². The molecule has 1 N–H and O–H groups in total. The van der Waals surface area contributed by atoms with Gasteiger partial charge in [-0.15, -0.1) is 0 Å². The van der Waals surface area contributed by atoms with Crippen molar-refractivity contribution in [3.63, 3.8) is 0 Å². The van der Waals surface area contributed by atoms with Gasteiger partial charge in [0.2, 0.25) is 0 Å². The Kier molecular flexibility index (Phi) is 4.06. The Balaban J connectivity index is 1.23. The van der Waals surface area contributed by atoms with Crippen molar-refractivity contribution in [2.24, 2.45) is 7.05 Å². The van der Waals surface area contributed by atoms with Gasteiger partial charge in [-0.05, 0) is 35.2 Å². The number of likely N-dealkylation sites (tertiary alicyclic amines) is 1. The van der Waals surface area contributed by atoms with Crippen LogP contribution in [0.2, 0.25) is 0 Å². The number of Topliss-reactive ketones (excluding diaryl/α,β-unsaturated/α-hetero) is 1. The van der Waals surface area contributed by atoms with Crippen LogP contribution in [0.4, 0.5) is 13.6 Å². The summed E-state index contributed by atoms with van der Waals surface area (Å²) in [6, 6.07) is 9.40. The van der Waals surface area contributed by atoms with Crippen LogP contribution in [-0.4, -0.2) is 40.0 Å². The maximum Gasteiger partial charge on any atom is 0.317 e. The van der Waals surface area contributed by atoms with Gasteiger partial charge in [0.05, 0.1) is 25.1 Å². The molecule has 0 unspecified atom stereocenters. The van der Waals surface area contributed by atoms with Gasteiger partial charge in [0.1, 0.15) is 5.82 Å². The van der Waals surface area contributed by atoms with Gasteiger partial charge in [-0.2, -0.15) is 0 Å². The van der Waals surface area contributed by atoms with Crippen molar-refractivity contribution in [2.45, 2.75) is 18.6 Å². The smallest absolute Gasteiger partial charge is 0.317 e. The van der Waals surface area contributed by atoms with Gasteiger partial charge in [-0.3, -0.25) is 4.79 Å². The van der Waals surface area contributed by atoms with E-state index in [1.807, 2.05) is 42.1 Å². The largest absolute Gasteiger partial charge is 0.479 e. The Morgan fingerprint density at radius 3 is 2.80 bits per heavy atom. The normalized spacial score (nSPS) is 16.9. The lowest BCUT2D eigenvalue weighted by Gasteiger charge is -2.50. The highest BCUT2D eigenvalue weighted by atomic mass is 19.1. The van der Waals surface area contributed by atoms with Crippen molar-refractivity contribution >= 4 is 22.7 Å². The van der Waals surface area contributed by atoms with Gasteiger partial charge in [0.15, 0.2) is 23.0 Å². The number of carbonyl (C=O) groups is 2. The van der Waals surface area contributed by atoms with Crippen LogP contribution in [0.5, 0.6) is 5.75 Å². The summed E-state index contributed by atoms with van der Waals surface area (Å²) >= 11 is 0. The summed E-state index contributed by atoms with van der Waals surface area (Å²) in [6.07, 6.45) is 1.96. The lowest BCUT2D eigenvalue weighted by Crippen LogP contribution is -2.69. The third-order valence-corrected chi connectivity index (χ3v) is 5.75. The fourth-order valence-corrected chi connectivity index (χ4v) is 4.21. The molecule has 30 heavy (non-hydrogen) atoms. The number of aromatic nitrogens is 1. The Labute approximate surface area is 171 Å². The van der Waals surface area contributed by atoms with Crippen LogP contribution in [-0.2, 0) is 13.6 Å². The van der Waals surface area contributed by atoms with E-state index in [1.54, 1.807) is 0 Å². The van der Waals surface area contributed by atoms with E-state index in [9.17, 15) is 18.4 Å². The number of urea groups is 1. The molecule has 5 rings (SSSR count). The molecule has 0 radical (unpaired) electrons. The Bertz CT molecular complexity index is 1200. The molecule has 0 saturated carbocycles. The third-order valence-electron chi connectivity index (χ3n) is 5.75. The summed E-state index contributed by atoms with van der Waals surface area (Å²) in [6.45, 7) is 0.695. The molecule has 1 saturated heterocycles. The molecule has 2 aromatic carbocycles. The zero-order valence-electron chi connectivity index (χ0n) is 16.2. The Hall–Kier alpha value is -3.42. The molecular formula is C22H19F2N3O3. The summed E-state index contributed by atoms with van der Waals surface area (Å²) in [7, 11) is 1.97. The number of fused-ring (bicyclic) bond motifs is 2. The number of nitrogens with zero attached hydrogens (tertiary/aromatic N) is 2. The van der Waals surface area contributed by atoms with Crippen molar-refractivity contribution in [1.29, 1.82) is 0 Å².